The van der Waals surface area contributed by atoms with Crippen molar-refractivity contribution in [2.24, 2.45) is 5.92 Å². The van der Waals surface area contributed by atoms with Gasteiger partial charge in [-0.25, -0.2) is 4.68 Å². The molecule has 0 saturated heterocycles. The number of aromatic nitrogens is 3. The fourth-order valence-corrected chi connectivity index (χ4v) is 2.85. The minimum absolute atomic E-state index is 0.566. The molecule has 0 unspecified atom stereocenters. The number of hydrogen-bond donors (Lipinski definition) is 1. The van der Waals surface area contributed by atoms with Gasteiger partial charge in [0.25, 0.3) is 0 Å². The fraction of sp³-hybridized carbons (Fsp3) is 0.647. The smallest absolute Gasteiger partial charge is 0.138 e. The third-order valence-corrected chi connectivity index (χ3v) is 3.97. The fourth-order valence-electron chi connectivity index (χ4n) is 2.85. The van der Waals surface area contributed by atoms with Crippen LogP contribution in [0.5, 0.6) is 0 Å². The molecule has 2 aromatic rings. The molecular weight excluding hydrogens is 290 g/mol. The van der Waals surface area contributed by atoms with E-state index in [1.54, 1.807) is 0 Å². The van der Waals surface area contributed by atoms with Crippen LogP contribution in [0.4, 0.5) is 5.82 Å². The Balaban J connectivity index is 2.14. The van der Waals surface area contributed by atoms with Gasteiger partial charge in [0.2, 0.25) is 0 Å². The van der Waals surface area contributed by atoms with Crippen LogP contribution in [0.3, 0.4) is 0 Å². The molecule has 6 heteroatoms. The number of nitrogens with zero attached hydrogens (tertiary/aromatic N) is 4. The zero-order valence-corrected chi connectivity index (χ0v) is 15.4. The quantitative estimate of drug-likeness (QED) is 0.850. The Morgan fingerprint density at radius 2 is 1.74 bits per heavy atom. The molecular formula is C17H29N5O. The molecule has 2 heterocycles. The highest BCUT2D eigenvalue weighted by atomic mass is 16.5. The summed E-state index contributed by atoms with van der Waals surface area (Å²) >= 11 is 0. The molecule has 2 aromatic heterocycles. The van der Waals surface area contributed by atoms with E-state index in [1.165, 1.54) is 11.4 Å². The van der Waals surface area contributed by atoms with E-state index in [2.05, 4.69) is 54.9 Å². The number of nitrogens with one attached hydrogen (secondary N) is 1. The second-order valence-corrected chi connectivity index (χ2v) is 6.76. The minimum atomic E-state index is 0.566. The predicted molar refractivity (Wildman–Crippen MR) is 92.6 cm³/mol. The molecule has 0 amide bonds. The van der Waals surface area contributed by atoms with Gasteiger partial charge in [0.05, 0.1) is 11.4 Å². The third kappa shape index (κ3) is 3.93. The lowest BCUT2D eigenvalue weighted by molar-refractivity contribution is 0.392. The number of hydrogen-bond acceptors (Lipinski definition) is 5. The van der Waals surface area contributed by atoms with Crippen LogP contribution >= 0.6 is 0 Å². The summed E-state index contributed by atoms with van der Waals surface area (Å²) in [6, 6.07) is 0. The van der Waals surface area contributed by atoms with E-state index in [9.17, 15) is 0 Å². The summed E-state index contributed by atoms with van der Waals surface area (Å²) in [5.74, 6) is 2.63. The molecule has 0 fully saturated rings. The van der Waals surface area contributed by atoms with E-state index in [4.69, 9.17) is 9.62 Å². The van der Waals surface area contributed by atoms with Gasteiger partial charge >= 0.3 is 0 Å². The molecule has 6 nitrogen and oxygen atoms in total. The molecule has 0 aromatic carbocycles. The maximum atomic E-state index is 5.22. The first kappa shape index (κ1) is 17.5. The topological polar surface area (TPSA) is 59.1 Å². The summed E-state index contributed by atoms with van der Waals surface area (Å²) in [6.07, 6.45) is 0. The number of aryl methyl sites for hydroxylation is 3. The standard InChI is InChI=1S/C17H29N5O/c1-11(2)10-22-17(21(6)7)16(12(3)19-22)9-18-8-15-13(4)20-23-14(15)5/h11,18H,8-10H2,1-7H3. The number of anilines is 1. The van der Waals surface area contributed by atoms with Crippen molar-refractivity contribution in [3.8, 4) is 0 Å². The van der Waals surface area contributed by atoms with Gasteiger partial charge in [-0.05, 0) is 26.7 Å². The van der Waals surface area contributed by atoms with Crippen LogP contribution < -0.4 is 10.2 Å². The molecule has 0 aliphatic rings. The second-order valence-electron chi connectivity index (χ2n) is 6.76. The zero-order valence-electron chi connectivity index (χ0n) is 15.4. The molecule has 0 saturated carbocycles. The SMILES string of the molecule is Cc1noc(C)c1CNCc1c(C)nn(CC(C)C)c1N(C)C. The van der Waals surface area contributed by atoms with Gasteiger partial charge in [0.1, 0.15) is 11.6 Å². The van der Waals surface area contributed by atoms with Gasteiger partial charge in [-0.15, -0.1) is 0 Å². The predicted octanol–water partition coefficient (Wildman–Crippen LogP) is 2.81. The first-order valence-corrected chi connectivity index (χ1v) is 8.17. The lowest BCUT2D eigenvalue weighted by atomic mass is 10.2. The maximum Gasteiger partial charge on any atom is 0.138 e. The van der Waals surface area contributed by atoms with Crippen molar-refractivity contribution in [2.75, 3.05) is 19.0 Å². The highest BCUT2D eigenvalue weighted by molar-refractivity contribution is 5.49. The first-order chi connectivity index (χ1) is 10.8. The Hall–Kier alpha value is -1.82. The summed E-state index contributed by atoms with van der Waals surface area (Å²) in [4.78, 5) is 2.15. The molecule has 23 heavy (non-hydrogen) atoms. The van der Waals surface area contributed by atoms with E-state index >= 15 is 0 Å². The minimum Gasteiger partial charge on any atom is -0.363 e. The molecule has 0 bridgehead atoms. The van der Waals surface area contributed by atoms with E-state index in [1.807, 2.05) is 13.8 Å². The van der Waals surface area contributed by atoms with Crippen LogP contribution in [0.25, 0.3) is 0 Å². The molecule has 0 aliphatic heterocycles. The Labute approximate surface area is 138 Å². The lowest BCUT2D eigenvalue weighted by Gasteiger charge is -2.18. The van der Waals surface area contributed by atoms with Crippen molar-refractivity contribution in [1.82, 2.24) is 20.3 Å². The second kappa shape index (κ2) is 7.17. The average molecular weight is 319 g/mol. The molecule has 0 radical (unpaired) electrons. The maximum absolute atomic E-state index is 5.22. The number of rotatable bonds is 7. The summed E-state index contributed by atoms with van der Waals surface area (Å²) in [7, 11) is 4.15. The third-order valence-electron chi connectivity index (χ3n) is 3.97. The van der Waals surface area contributed by atoms with Crippen molar-refractivity contribution in [3.05, 3.63) is 28.3 Å². The monoisotopic (exact) mass is 319 g/mol. The molecule has 2 rings (SSSR count). The van der Waals surface area contributed by atoms with Gasteiger partial charge < -0.3 is 14.7 Å². The van der Waals surface area contributed by atoms with Crippen molar-refractivity contribution >= 4 is 5.82 Å². The van der Waals surface area contributed by atoms with E-state index in [0.29, 0.717) is 5.92 Å². The van der Waals surface area contributed by atoms with Gasteiger partial charge in [-0.2, -0.15) is 5.10 Å². The molecule has 0 spiro atoms. The highest BCUT2D eigenvalue weighted by Crippen LogP contribution is 2.23. The first-order valence-electron chi connectivity index (χ1n) is 8.17. The molecule has 0 aliphatic carbocycles. The molecule has 128 valence electrons. The highest BCUT2D eigenvalue weighted by Gasteiger charge is 2.18. The van der Waals surface area contributed by atoms with Gasteiger partial charge in [-0.1, -0.05) is 19.0 Å². The van der Waals surface area contributed by atoms with Crippen LogP contribution in [0, 0.1) is 26.7 Å². The van der Waals surface area contributed by atoms with Crippen molar-refractivity contribution in [1.29, 1.82) is 0 Å². The Morgan fingerprint density at radius 1 is 1.09 bits per heavy atom. The van der Waals surface area contributed by atoms with Crippen molar-refractivity contribution in [2.45, 2.75) is 54.3 Å². The van der Waals surface area contributed by atoms with Crippen LogP contribution in [-0.2, 0) is 19.6 Å². The van der Waals surface area contributed by atoms with E-state index < -0.39 is 0 Å². The van der Waals surface area contributed by atoms with Gasteiger partial charge in [0.15, 0.2) is 0 Å². The summed E-state index contributed by atoms with van der Waals surface area (Å²) in [5, 5.41) is 12.2. The van der Waals surface area contributed by atoms with Crippen LogP contribution in [0.1, 0.15) is 42.1 Å². The van der Waals surface area contributed by atoms with Crippen LogP contribution in [0.15, 0.2) is 4.52 Å². The molecule has 1 N–H and O–H groups in total. The van der Waals surface area contributed by atoms with Gasteiger partial charge in [0, 0.05) is 44.9 Å². The van der Waals surface area contributed by atoms with Crippen LogP contribution in [0.2, 0.25) is 0 Å². The van der Waals surface area contributed by atoms with E-state index in [0.717, 1.165) is 42.3 Å². The van der Waals surface area contributed by atoms with Gasteiger partial charge in [-0.3, -0.25) is 0 Å². The Bertz CT molecular complexity index is 635. The zero-order chi connectivity index (χ0) is 17.1. The normalized spacial score (nSPS) is 11.5. The largest absolute Gasteiger partial charge is 0.363 e. The van der Waals surface area contributed by atoms with Crippen molar-refractivity contribution in [3.63, 3.8) is 0 Å². The summed E-state index contributed by atoms with van der Waals surface area (Å²) in [6.45, 7) is 12.9. The van der Waals surface area contributed by atoms with Crippen LogP contribution in [-0.4, -0.2) is 29.0 Å². The Morgan fingerprint density at radius 3 is 2.26 bits per heavy atom. The molecule has 0 atom stereocenters. The summed E-state index contributed by atoms with van der Waals surface area (Å²) < 4.78 is 7.33. The van der Waals surface area contributed by atoms with Crippen molar-refractivity contribution < 1.29 is 4.52 Å². The van der Waals surface area contributed by atoms with E-state index in [-0.39, 0.29) is 0 Å². The summed E-state index contributed by atoms with van der Waals surface area (Å²) in [5.41, 5.74) is 4.43. The lowest BCUT2D eigenvalue weighted by Crippen LogP contribution is -2.21. The average Bonchev–Trinajstić information content (AvgIpc) is 2.91. The Kier molecular flexibility index (Phi) is 5.46.